The number of hydrogen-bond acceptors (Lipinski definition) is 3. The SMILES string of the molecule is Cc1cc2c(cc1NC(=O)Cc1c[nH]c3ccccc13)OCCO2. The molecule has 0 bridgehead atoms. The number of carbonyl (C=O) groups is 1. The van der Waals surface area contributed by atoms with Gasteiger partial charge in [0, 0.05) is 28.9 Å². The molecule has 1 amide bonds. The van der Waals surface area contributed by atoms with Crippen LogP contribution in [0.4, 0.5) is 5.69 Å². The number of aromatic nitrogens is 1. The predicted octanol–water partition coefficient (Wildman–Crippen LogP) is 3.43. The van der Waals surface area contributed by atoms with Crippen molar-refractivity contribution < 1.29 is 14.3 Å². The highest BCUT2D eigenvalue weighted by atomic mass is 16.6. The van der Waals surface area contributed by atoms with Crippen LogP contribution in [0.15, 0.2) is 42.6 Å². The molecule has 0 saturated heterocycles. The Labute approximate surface area is 139 Å². The number of amides is 1. The summed E-state index contributed by atoms with van der Waals surface area (Å²) in [5, 5.41) is 4.05. The van der Waals surface area contributed by atoms with Gasteiger partial charge in [0.2, 0.25) is 5.91 Å². The molecule has 1 aliphatic rings. The molecule has 1 aliphatic heterocycles. The van der Waals surface area contributed by atoms with E-state index >= 15 is 0 Å². The Balaban J connectivity index is 1.54. The predicted molar refractivity (Wildman–Crippen MR) is 92.8 cm³/mol. The lowest BCUT2D eigenvalue weighted by Gasteiger charge is -2.20. The van der Waals surface area contributed by atoms with Gasteiger partial charge in [0.05, 0.1) is 6.42 Å². The number of ether oxygens (including phenoxy) is 2. The summed E-state index contributed by atoms with van der Waals surface area (Å²) in [4.78, 5) is 15.6. The minimum atomic E-state index is -0.0560. The normalized spacial score (nSPS) is 13.0. The molecule has 0 atom stereocenters. The number of benzene rings is 2. The highest BCUT2D eigenvalue weighted by Crippen LogP contribution is 2.35. The van der Waals surface area contributed by atoms with Crippen LogP contribution in [0, 0.1) is 6.92 Å². The van der Waals surface area contributed by atoms with E-state index in [-0.39, 0.29) is 5.91 Å². The van der Waals surface area contributed by atoms with Crippen LogP contribution in [0.5, 0.6) is 11.5 Å². The lowest BCUT2D eigenvalue weighted by molar-refractivity contribution is -0.115. The highest BCUT2D eigenvalue weighted by molar-refractivity contribution is 5.96. The van der Waals surface area contributed by atoms with Crippen LogP contribution in [0.25, 0.3) is 10.9 Å². The molecule has 5 nitrogen and oxygen atoms in total. The van der Waals surface area contributed by atoms with Gasteiger partial charge in [0.15, 0.2) is 11.5 Å². The number of carbonyl (C=O) groups excluding carboxylic acids is 1. The Kier molecular flexibility index (Phi) is 3.61. The summed E-state index contributed by atoms with van der Waals surface area (Å²) in [5.41, 5.74) is 3.73. The Morgan fingerprint density at radius 1 is 1.17 bits per heavy atom. The second-order valence-electron chi connectivity index (χ2n) is 5.90. The van der Waals surface area contributed by atoms with Crippen LogP contribution in [-0.4, -0.2) is 24.1 Å². The van der Waals surface area contributed by atoms with Gasteiger partial charge >= 0.3 is 0 Å². The third-order valence-electron chi connectivity index (χ3n) is 4.19. The summed E-state index contributed by atoms with van der Waals surface area (Å²) in [6.07, 6.45) is 2.21. The third-order valence-corrected chi connectivity index (χ3v) is 4.19. The van der Waals surface area contributed by atoms with E-state index in [1.165, 1.54) is 0 Å². The molecule has 24 heavy (non-hydrogen) atoms. The van der Waals surface area contributed by atoms with E-state index in [0.717, 1.165) is 33.5 Å². The van der Waals surface area contributed by atoms with Crippen molar-refractivity contribution in [1.82, 2.24) is 4.98 Å². The number of para-hydroxylation sites is 1. The van der Waals surface area contributed by atoms with Gasteiger partial charge in [-0.2, -0.15) is 0 Å². The van der Waals surface area contributed by atoms with Gasteiger partial charge in [0.1, 0.15) is 13.2 Å². The maximum Gasteiger partial charge on any atom is 0.228 e. The fourth-order valence-electron chi connectivity index (χ4n) is 2.97. The Hall–Kier alpha value is -2.95. The second kappa shape index (κ2) is 5.92. The molecule has 0 aliphatic carbocycles. The van der Waals surface area contributed by atoms with Gasteiger partial charge in [-0.05, 0) is 30.2 Å². The van der Waals surface area contributed by atoms with Crippen molar-refractivity contribution in [3.63, 3.8) is 0 Å². The summed E-state index contributed by atoms with van der Waals surface area (Å²) in [6.45, 7) is 3.02. The molecule has 0 radical (unpaired) electrons. The van der Waals surface area contributed by atoms with Crippen molar-refractivity contribution in [1.29, 1.82) is 0 Å². The average molecular weight is 322 g/mol. The fraction of sp³-hybridized carbons (Fsp3) is 0.211. The van der Waals surface area contributed by atoms with Gasteiger partial charge in [-0.1, -0.05) is 18.2 Å². The monoisotopic (exact) mass is 322 g/mol. The number of rotatable bonds is 3. The van der Waals surface area contributed by atoms with Crippen LogP contribution < -0.4 is 14.8 Å². The van der Waals surface area contributed by atoms with E-state index in [1.807, 2.05) is 49.5 Å². The smallest absolute Gasteiger partial charge is 0.228 e. The summed E-state index contributed by atoms with van der Waals surface area (Å²) in [6, 6.07) is 11.7. The molecular weight excluding hydrogens is 304 g/mol. The fourth-order valence-corrected chi connectivity index (χ4v) is 2.97. The standard InChI is InChI=1S/C19H18N2O3/c1-12-8-17-18(24-7-6-23-17)10-16(12)21-19(22)9-13-11-20-15-5-3-2-4-14(13)15/h2-5,8,10-11,20H,6-7,9H2,1H3,(H,21,22). The molecule has 0 saturated carbocycles. The quantitative estimate of drug-likeness (QED) is 0.776. The van der Waals surface area contributed by atoms with Gasteiger partial charge in [-0.15, -0.1) is 0 Å². The maximum absolute atomic E-state index is 12.4. The summed E-state index contributed by atoms with van der Waals surface area (Å²) < 4.78 is 11.1. The largest absolute Gasteiger partial charge is 0.486 e. The van der Waals surface area contributed by atoms with Crippen molar-refractivity contribution in [2.45, 2.75) is 13.3 Å². The number of anilines is 1. The lowest BCUT2D eigenvalue weighted by Crippen LogP contribution is -2.18. The summed E-state index contributed by atoms with van der Waals surface area (Å²) >= 11 is 0. The first-order valence-corrected chi connectivity index (χ1v) is 7.96. The lowest BCUT2D eigenvalue weighted by atomic mass is 10.1. The van der Waals surface area contributed by atoms with E-state index in [0.29, 0.717) is 25.4 Å². The van der Waals surface area contributed by atoms with Crippen molar-refractivity contribution in [3.8, 4) is 11.5 Å². The Morgan fingerprint density at radius 3 is 2.75 bits per heavy atom. The number of aromatic amines is 1. The summed E-state index contributed by atoms with van der Waals surface area (Å²) in [7, 11) is 0. The molecule has 2 heterocycles. The molecule has 0 spiro atoms. The minimum Gasteiger partial charge on any atom is -0.486 e. The maximum atomic E-state index is 12.4. The molecule has 1 aromatic heterocycles. The third kappa shape index (κ3) is 2.69. The van der Waals surface area contributed by atoms with Gasteiger partial charge in [-0.25, -0.2) is 0 Å². The van der Waals surface area contributed by atoms with E-state index < -0.39 is 0 Å². The van der Waals surface area contributed by atoms with Crippen molar-refractivity contribution >= 4 is 22.5 Å². The Morgan fingerprint density at radius 2 is 1.92 bits per heavy atom. The molecule has 2 N–H and O–H groups in total. The van der Waals surface area contributed by atoms with E-state index in [2.05, 4.69) is 10.3 Å². The minimum absolute atomic E-state index is 0.0560. The topological polar surface area (TPSA) is 63.4 Å². The van der Waals surface area contributed by atoms with Crippen LogP contribution in [0.1, 0.15) is 11.1 Å². The first kappa shape index (κ1) is 14.6. The zero-order valence-electron chi connectivity index (χ0n) is 13.4. The van der Waals surface area contributed by atoms with Gasteiger partial charge in [0.25, 0.3) is 0 Å². The molecule has 4 rings (SSSR count). The zero-order valence-corrected chi connectivity index (χ0v) is 13.4. The number of aryl methyl sites for hydroxylation is 1. The van der Waals surface area contributed by atoms with Crippen LogP contribution in [0.3, 0.4) is 0 Å². The molecule has 122 valence electrons. The average Bonchev–Trinajstić information content (AvgIpc) is 2.99. The Bertz CT molecular complexity index is 914. The van der Waals surface area contributed by atoms with Crippen molar-refractivity contribution in [2.24, 2.45) is 0 Å². The highest BCUT2D eigenvalue weighted by Gasteiger charge is 2.16. The zero-order chi connectivity index (χ0) is 16.5. The number of nitrogens with one attached hydrogen (secondary N) is 2. The molecule has 0 unspecified atom stereocenters. The van der Waals surface area contributed by atoms with Gasteiger partial charge in [-0.3, -0.25) is 4.79 Å². The van der Waals surface area contributed by atoms with E-state index in [1.54, 1.807) is 0 Å². The van der Waals surface area contributed by atoms with Crippen LogP contribution in [0.2, 0.25) is 0 Å². The molecule has 2 aromatic carbocycles. The molecule has 0 fully saturated rings. The molecule has 5 heteroatoms. The summed E-state index contributed by atoms with van der Waals surface area (Å²) in [5.74, 6) is 1.35. The van der Waals surface area contributed by atoms with Crippen LogP contribution in [-0.2, 0) is 11.2 Å². The van der Waals surface area contributed by atoms with Crippen molar-refractivity contribution in [2.75, 3.05) is 18.5 Å². The number of fused-ring (bicyclic) bond motifs is 2. The molecular formula is C19H18N2O3. The van der Waals surface area contributed by atoms with E-state index in [4.69, 9.17) is 9.47 Å². The number of hydrogen-bond donors (Lipinski definition) is 2. The second-order valence-corrected chi connectivity index (χ2v) is 5.90. The number of H-pyrrole nitrogens is 1. The first-order chi connectivity index (χ1) is 11.7. The first-order valence-electron chi connectivity index (χ1n) is 7.96. The molecule has 3 aromatic rings. The van der Waals surface area contributed by atoms with Crippen molar-refractivity contribution in [3.05, 3.63) is 53.7 Å². The van der Waals surface area contributed by atoms with E-state index in [9.17, 15) is 4.79 Å². The van der Waals surface area contributed by atoms with Gasteiger partial charge < -0.3 is 19.8 Å². The van der Waals surface area contributed by atoms with Crippen LogP contribution >= 0.6 is 0 Å².